The second-order valence-corrected chi connectivity index (χ2v) is 6.12. The van der Waals surface area contributed by atoms with Crippen LogP contribution in [-0.2, 0) is 4.79 Å². The molecule has 0 aliphatic heterocycles. The van der Waals surface area contributed by atoms with Crippen molar-refractivity contribution in [3.63, 3.8) is 0 Å². The molecule has 3 aromatic rings. The summed E-state index contributed by atoms with van der Waals surface area (Å²) < 4.78 is 14.8. The van der Waals surface area contributed by atoms with Crippen LogP contribution < -0.4 is 5.32 Å². The topological polar surface area (TPSA) is 97.1 Å². The molecular formula is C20H19FN4O3. The van der Waals surface area contributed by atoms with E-state index in [1.807, 2.05) is 30.3 Å². The van der Waals surface area contributed by atoms with Crippen LogP contribution in [-0.4, -0.2) is 38.3 Å². The molecule has 0 bridgehead atoms. The number of carboxylic acids is 1. The van der Waals surface area contributed by atoms with Gasteiger partial charge in [-0.2, -0.15) is 0 Å². The van der Waals surface area contributed by atoms with Gasteiger partial charge in [0.25, 0.3) is 5.91 Å². The van der Waals surface area contributed by atoms with Crippen molar-refractivity contribution in [2.45, 2.75) is 19.3 Å². The maximum absolute atomic E-state index is 13.3. The highest BCUT2D eigenvalue weighted by Crippen LogP contribution is 2.21. The summed E-state index contributed by atoms with van der Waals surface area (Å²) in [5, 5.41) is 15.6. The van der Waals surface area contributed by atoms with E-state index in [1.54, 1.807) is 12.1 Å². The van der Waals surface area contributed by atoms with Crippen molar-refractivity contribution in [2.24, 2.45) is 0 Å². The fraction of sp³-hybridized carbons (Fsp3) is 0.200. The van der Waals surface area contributed by atoms with Gasteiger partial charge in [0.1, 0.15) is 5.82 Å². The third-order valence-corrected chi connectivity index (χ3v) is 4.02. The number of rotatable bonds is 8. The number of hydrogen-bond donors (Lipinski definition) is 2. The van der Waals surface area contributed by atoms with Gasteiger partial charge in [0.05, 0.1) is 5.69 Å². The first-order valence-corrected chi connectivity index (χ1v) is 8.83. The van der Waals surface area contributed by atoms with E-state index in [4.69, 9.17) is 5.11 Å². The predicted octanol–water partition coefficient (Wildman–Crippen LogP) is 3.06. The molecule has 2 N–H and O–H groups in total. The minimum Gasteiger partial charge on any atom is -0.481 e. The summed E-state index contributed by atoms with van der Waals surface area (Å²) in [5.41, 5.74) is 1.34. The van der Waals surface area contributed by atoms with Crippen molar-refractivity contribution in [2.75, 3.05) is 6.54 Å². The number of carboxylic acid groups (broad SMARTS) is 1. The summed E-state index contributed by atoms with van der Waals surface area (Å²) in [6.07, 6.45) is 1.08. The Morgan fingerprint density at radius 2 is 1.75 bits per heavy atom. The molecule has 0 saturated heterocycles. The monoisotopic (exact) mass is 382 g/mol. The van der Waals surface area contributed by atoms with Crippen molar-refractivity contribution in [1.82, 2.24) is 20.1 Å². The van der Waals surface area contributed by atoms with Crippen LogP contribution in [0.4, 0.5) is 4.39 Å². The van der Waals surface area contributed by atoms with E-state index >= 15 is 0 Å². The molecule has 28 heavy (non-hydrogen) atoms. The van der Waals surface area contributed by atoms with Gasteiger partial charge in [0, 0.05) is 18.5 Å². The van der Waals surface area contributed by atoms with Crippen molar-refractivity contribution >= 4 is 11.9 Å². The van der Waals surface area contributed by atoms with Crippen LogP contribution in [0.25, 0.3) is 17.1 Å². The number of aliphatic carboxylic acids is 1. The van der Waals surface area contributed by atoms with Crippen LogP contribution in [0.15, 0.2) is 54.6 Å². The van der Waals surface area contributed by atoms with Crippen LogP contribution in [0.5, 0.6) is 0 Å². The summed E-state index contributed by atoms with van der Waals surface area (Å²) in [5.74, 6) is -1.24. The van der Waals surface area contributed by atoms with Crippen LogP contribution in [0, 0.1) is 5.82 Å². The molecule has 3 rings (SSSR count). The van der Waals surface area contributed by atoms with Crippen molar-refractivity contribution in [3.05, 3.63) is 66.2 Å². The summed E-state index contributed by atoms with van der Waals surface area (Å²) in [4.78, 5) is 27.3. The van der Waals surface area contributed by atoms with Crippen LogP contribution in [0.3, 0.4) is 0 Å². The lowest BCUT2D eigenvalue weighted by Crippen LogP contribution is -2.25. The number of nitrogens with one attached hydrogen (secondary N) is 1. The number of benzene rings is 2. The molecule has 7 nitrogen and oxygen atoms in total. The molecule has 0 fully saturated rings. The Hall–Kier alpha value is -3.55. The Balaban J connectivity index is 1.82. The molecule has 1 aromatic heterocycles. The van der Waals surface area contributed by atoms with E-state index in [9.17, 15) is 14.0 Å². The normalized spacial score (nSPS) is 10.6. The highest BCUT2D eigenvalue weighted by molar-refractivity contribution is 5.91. The third kappa shape index (κ3) is 4.79. The van der Waals surface area contributed by atoms with Crippen LogP contribution in [0.2, 0.25) is 0 Å². The Morgan fingerprint density at radius 3 is 2.43 bits per heavy atom. The smallest absolute Gasteiger partial charge is 0.303 e. The maximum Gasteiger partial charge on any atom is 0.303 e. The van der Waals surface area contributed by atoms with Gasteiger partial charge in [-0.15, -0.1) is 5.10 Å². The van der Waals surface area contributed by atoms with E-state index < -0.39 is 11.9 Å². The number of amides is 1. The molecule has 0 radical (unpaired) electrons. The first kappa shape index (κ1) is 19.2. The quantitative estimate of drug-likeness (QED) is 0.584. The van der Waals surface area contributed by atoms with Gasteiger partial charge < -0.3 is 10.4 Å². The minimum atomic E-state index is -0.862. The number of unbranched alkanes of at least 4 members (excludes halogenated alkanes) is 1. The van der Waals surface area contributed by atoms with Gasteiger partial charge in [-0.05, 0) is 37.1 Å². The Bertz CT molecular complexity index is 955. The number of hydrogen-bond acceptors (Lipinski definition) is 4. The van der Waals surface area contributed by atoms with Gasteiger partial charge >= 0.3 is 5.97 Å². The maximum atomic E-state index is 13.3. The predicted molar refractivity (Wildman–Crippen MR) is 101 cm³/mol. The minimum absolute atomic E-state index is 0.0126. The molecule has 0 aliphatic rings. The van der Waals surface area contributed by atoms with E-state index in [0.717, 1.165) is 5.56 Å². The first-order chi connectivity index (χ1) is 13.5. The molecule has 8 heteroatoms. The first-order valence-electron chi connectivity index (χ1n) is 8.83. The molecule has 144 valence electrons. The zero-order valence-corrected chi connectivity index (χ0v) is 15.0. The summed E-state index contributed by atoms with van der Waals surface area (Å²) in [7, 11) is 0. The molecule has 1 amide bonds. The Kier molecular flexibility index (Phi) is 6.11. The highest BCUT2D eigenvalue weighted by Gasteiger charge is 2.18. The van der Waals surface area contributed by atoms with E-state index in [2.05, 4.69) is 15.4 Å². The van der Waals surface area contributed by atoms with Gasteiger partial charge in [0.2, 0.25) is 5.82 Å². The Morgan fingerprint density at radius 1 is 1.04 bits per heavy atom. The second-order valence-electron chi connectivity index (χ2n) is 6.12. The molecule has 1 heterocycles. The molecule has 0 aliphatic carbocycles. The molecular weight excluding hydrogens is 363 g/mol. The SMILES string of the molecule is O=C(O)CCCCNC(=O)c1nc(-c2ccccc2)n(-c2ccc(F)cc2)n1. The fourth-order valence-electron chi connectivity index (χ4n) is 2.63. The van der Waals surface area contributed by atoms with Crippen molar-refractivity contribution < 1.29 is 19.1 Å². The van der Waals surface area contributed by atoms with E-state index in [0.29, 0.717) is 30.9 Å². The lowest BCUT2D eigenvalue weighted by molar-refractivity contribution is -0.137. The molecule has 0 unspecified atom stereocenters. The largest absolute Gasteiger partial charge is 0.481 e. The average molecular weight is 382 g/mol. The lowest BCUT2D eigenvalue weighted by atomic mass is 10.2. The molecule has 0 saturated carbocycles. The number of halogens is 1. The van der Waals surface area contributed by atoms with E-state index in [-0.39, 0.29) is 18.1 Å². The fourth-order valence-corrected chi connectivity index (χ4v) is 2.63. The van der Waals surface area contributed by atoms with Crippen molar-refractivity contribution in [3.8, 4) is 17.1 Å². The third-order valence-electron chi connectivity index (χ3n) is 4.02. The highest BCUT2D eigenvalue weighted by atomic mass is 19.1. The molecule has 0 atom stereocenters. The average Bonchev–Trinajstić information content (AvgIpc) is 3.14. The van der Waals surface area contributed by atoms with Gasteiger partial charge in [-0.25, -0.2) is 14.1 Å². The van der Waals surface area contributed by atoms with E-state index in [1.165, 1.54) is 16.8 Å². The van der Waals surface area contributed by atoms with Gasteiger partial charge in [0.15, 0.2) is 5.82 Å². The lowest BCUT2D eigenvalue weighted by Gasteiger charge is -2.05. The van der Waals surface area contributed by atoms with Crippen molar-refractivity contribution in [1.29, 1.82) is 0 Å². The Labute approximate surface area is 160 Å². The summed E-state index contributed by atoms with van der Waals surface area (Å²) in [6.45, 7) is 0.331. The summed E-state index contributed by atoms with van der Waals surface area (Å²) >= 11 is 0. The number of carbonyl (C=O) groups is 2. The molecule has 0 spiro atoms. The van der Waals surface area contributed by atoms with Gasteiger partial charge in [-0.3, -0.25) is 9.59 Å². The number of aromatic nitrogens is 3. The standard InChI is InChI=1S/C20H19FN4O3/c21-15-9-11-16(12-10-15)25-19(14-6-2-1-3-7-14)23-18(24-25)20(28)22-13-5-4-8-17(26)27/h1-3,6-7,9-12H,4-5,8,13H2,(H,22,28)(H,26,27). The van der Waals surface area contributed by atoms with Crippen LogP contribution >= 0.6 is 0 Å². The zero-order valence-electron chi connectivity index (χ0n) is 15.0. The second kappa shape index (κ2) is 8.90. The molecule has 2 aromatic carbocycles. The number of nitrogens with zero attached hydrogens (tertiary/aromatic N) is 3. The van der Waals surface area contributed by atoms with Gasteiger partial charge in [-0.1, -0.05) is 30.3 Å². The van der Waals surface area contributed by atoms with Crippen LogP contribution in [0.1, 0.15) is 29.9 Å². The zero-order chi connectivity index (χ0) is 19.9. The summed E-state index contributed by atoms with van der Waals surface area (Å²) in [6, 6.07) is 15.0. The number of carbonyl (C=O) groups excluding carboxylic acids is 1.